The van der Waals surface area contributed by atoms with Gasteiger partial charge in [-0.15, -0.1) is 0 Å². The van der Waals surface area contributed by atoms with Gasteiger partial charge in [-0.1, -0.05) is 6.07 Å². The van der Waals surface area contributed by atoms with Crippen LogP contribution in [0.4, 0.5) is 0 Å². The van der Waals surface area contributed by atoms with Crippen LogP contribution in [0.2, 0.25) is 0 Å². The summed E-state index contributed by atoms with van der Waals surface area (Å²) in [4.78, 5) is 15.0. The van der Waals surface area contributed by atoms with Crippen molar-refractivity contribution in [3.63, 3.8) is 0 Å². The van der Waals surface area contributed by atoms with Crippen molar-refractivity contribution in [3.05, 3.63) is 47.7 Å². The number of pyridine rings is 1. The maximum Gasteiger partial charge on any atom is 0.221 e. The minimum Gasteiger partial charge on any atom is -0.481 e. The topological polar surface area (TPSA) is 39.2 Å². The summed E-state index contributed by atoms with van der Waals surface area (Å²) < 4.78 is 5.21. The normalized spacial score (nSPS) is 10.0. The molecule has 0 spiro atoms. The molecule has 0 aliphatic carbocycles. The zero-order chi connectivity index (χ0) is 12.3. The Kier molecular flexibility index (Phi) is 3.19. The molecule has 86 valence electrons. The predicted molar refractivity (Wildman–Crippen MR) is 66.3 cm³/mol. The largest absolute Gasteiger partial charge is 0.481 e. The second-order valence-corrected chi connectivity index (χ2v) is 3.81. The number of aryl methyl sites for hydroxylation is 1. The van der Waals surface area contributed by atoms with E-state index in [9.17, 15) is 4.79 Å². The van der Waals surface area contributed by atoms with Crippen LogP contribution in [0.3, 0.4) is 0 Å². The van der Waals surface area contributed by atoms with E-state index in [1.807, 2.05) is 37.3 Å². The van der Waals surface area contributed by atoms with Crippen LogP contribution in [-0.2, 0) is 0 Å². The Morgan fingerprint density at radius 2 is 2.12 bits per heavy atom. The zero-order valence-corrected chi connectivity index (χ0v) is 9.81. The Balaban J connectivity index is 2.59. The molecule has 1 aromatic carbocycles. The van der Waals surface area contributed by atoms with E-state index in [0.717, 1.165) is 23.0 Å². The first-order valence-electron chi connectivity index (χ1n) is 5.31. The number of carbonyl (C=O) groups excluding carboxylic acids is 1. The van der Waals surface area contributed by atoms with Gasteiger partial charge in [0.05, 0.1) is 7.11 Å². The number of hydrogen-bond acceptors (Lipinski definition) is 3. The highest BCUT2D eigenvalue weighted by molar-refractivity contribution is 5.80. The fourth-order valence-corrected chi connectivity index (χ4v) is 1.81. The lowest BCUT2D eigenvalue weighted by Gasteiger charge is -2.08. The molecule has 0 N–H and O–H groups in total. The summed E-state index contributed by atoms with van der Waals surface area (Å²) in [5.41, 5.74) is 3.53. The maximum absolute atomic E-state index is 10.8. The van der Waals surface area contributed by atoms with Crippen LogP contribution in [0.15, 0.2) is 36.5 Å². The maximum atomic E-state index is 10.8. The molecular formula is C14H13NO2. The second kappa shape index (κ2) is 4.78. The quantitative estimate of drug-likeness (QED) is 0.757. The van der Waals surface area contributed by atoms with Gasteiger partial charge in [-0.2, -0.15) is 0 Å². The van der Waals surface area contributed by atoms with Gasteiger partial charge in [0.2, 0.25) is 5.88 Å². The summed E-state index contributed by atoms with van der Waals surface area (Å²) in [5, 5.41) is 0. The van der Waals surface area contributed by atoms with Crippen LogP contribution in [0.5, 0.6) is 5.88 Å². The summed E-state index contributed by atoms with van der Waals surface area (Å²) in [5.74, 6) is 0.565. The van der Waals surface area contributed by atoms with Gasteiger partial charge in [0, 0.05) is 17.3 Å². The molecule has 3 nitrogen and oxygen atoms in total. The van der Waals surface area contributed by atoms with E-state index in [1.165, 1.54) is 0 Å². The number of benzene rings is 1. The zero-order valence-electron chi connectivity index (χ0n) is 9.81. The molecule has 0 radical (unpaired) electrons. The second-order valence-electron chi connectivity index (χ2n) is 3.81. The number of nitrogens with zero attached hydrogens (tertiary/aromatic N) is 1. The van der Waals surface area contributed by atoms with Crippen molar-refractivity contribution in [2.45, 2.75) is 6.92 Å². The van der Waals surface area contributed by atoms with Crippen LogP contribution < -0.4 is 4.74 Å². The number of aldehydes is 1. The molecule has 0 aliphatic rings. The molecular weight excluding hydrogens is 214 g/mol. The molecule has 0 saturated carbocycles. The van der Waals surface area contributed by atoms with Crippen LogP contribution in [0, 0.1) is 6.92 Å². The summed E-state index contributed by atoms with van der Waals surface area (Å²) >= 11 is 0. The van der Waals surface area contributed by atoms with Crippen LogP contribution >= 0.6 is 0 Å². The molecule has 0 bridgehead atoms. The average molecular weight is 227 g/mol. The van der Waals surface area contributed by atoms with Crippen LogP contribution in [-0.4, -0.2) is 18.4 Å². The van der Waals surface area contributed by atoms with E-state index >= 15 is 0 Å². The van der Waals surface area contributed by atoms with Crippen molar-refractivity contribution in [3.8, 4) is 17.0 Å². The Bertz CT molecular complexity index is 550. The molecule has 0 fully saturated rings. The molecule has 17 heavy (non-hydrogen) atoms. The SMILES string of the molecule is COc1ncccc1-c1cc(C)cc(C=O)c1. The number of hydrogen-bond donors (Lipinski definition) is 0. The van der Waals surface area contributed by atoms with Crippen molar-refractivity contribution >= 4 is 6.29 Å². The third-order valence-electron chi connectivity index (χ3n) is 2.51. The highest BCUT2D eigenvalue weighted by Crippen LogP contribution is 2.28. The van der Waals surface area contributed by atoms with Crippen molar-refractivity contribution in [2.75, 3.05) is 7.11 Å². The first kappa shape index (κ1) is 11.3. The first-order chi connectivity index (χ1) is 8.24. The molecule has 0 aliphatic heterocycles. The van der Waals surface area contributed by atoms with Gasteiger partial charge < -0.3 is 4.74 Å². The van der Waals surface area contributed by atoms with E-state index in [-0.39, 0.29) is 0 Å². The summed E-state index contributed by atoms with van der Waals surface area (Å²) in [6.07, 6.45) is 2.53. The molecule has 0 saturated heterocycles. The van der Waals surface area contributed by atoms with Gasteiger partial charge in [0.1, 0.15) is 6.29 Å². The number of aromatic nitrogens is 1. The molecule has 0 unspecified atom stereocenters. The molecule has 1 aromatic heterocycles. The number of rotatable bonds is 3. The first-order valence-corrected chi connectivity index (χ1v) is 5.31. The average Bonchev–Trinajstić information content (AvgIpc) is 2.37. The van der Waals surface area contributed by atoms with Gasteiger partial charge in [-0.25, -0.2) is 4.98 Å². The summed E-state index contributed by atoms with van der Waals surface area (Å²) in [6.45, 7) is 1.96. The molecule has 2 rings (SSSR count). The smallest absolute Gasteiger partial charge is 0.221 e. The van der Waals surface area contributed by atoms with Crippen molar-refractivity contribution in [1.29, 1.82) is 0 Å². The van der Waals surface area contributed by atoms with Gasteiger partial charge in [-0.05, 0) is 42.3 Å². The molecule has 0 atom stereocenters. The van der Waals surface area contributed by atoms with Gasteiger partial charge in [0.25, 0.3) is 0 Å². The van der Waals surface area contributed by atoms with Gasteiger partial charge in [-0.3, -0.25) is 4.79 Å². The third kappa shape index (κ3) is 2.33. The number of carbonyl (C=O) groups is 1. The van der Waals surface area contributed by atoms with Crippen LogP contribution in [0.1, 0.15) is 15.9 Å². The van der Waals surface area contributed by atoms with Gasteiger partial charge in [0.15, 0.2) is 0 Å². The third-order valence-corrected chi connectivity index (χ3v) is 2.51. The summed E-state index contributed by atoms with van der Waals surface area (Å²) in [7, 11) is 1.59. The fraction of sp³-hybridized carbons (Fsp3) is 0.143. The van der Waals surface area contributed by atoms with Crippen molar-refractivity contribution in [1.82, 2.24) is 4.98 Å². The molecule has 3 heteroatoms. The lowest BCUT2D eigenvalue weighted by molar-refractivity contribution is 0.112. The summed E-state index contributed by atoms with van der Waals surface area (Å²) in [6, 6.07) is 9.46. The molecule has 1 heterocycles. The monoisotopic (exact) mass is 227 g/mol. The lowest BCUT2D eigenvalue weighted by Crippen LogP contribution is -1.92. The van der Waals surface area contributed by atoms with Crippen LogP contribution in [0.25, 0.3) is 11.1 Å². The Morgan fingerprint density at radius 3 is 2.82 bits per heavy atom. The Labute approximate surface area is 100 Å². The number of methoxy groups -OCH3 is 1. The van der Waals surface area contributed by atoms with E-state index < -0.39 is 0 Å². The van der Waals surface area contributed by atoms with E-state index in [2.05, 4.69) is 4.98 Å². The molecule has 0 amide bonds. The van der Waals surface area contributed by atoms with Crippen molar-refractivity contribution < 1.29 is 9.53 Å². The minimum atomic E-state index is 0.565. The minimum absolute atomic E-state index is 0.565. The lowest BCUT2D eigenvalue weighted by atomic mass is 10.0. The standard InChI is InChI=1S/C14H13NO2/c1-10-6-11(9-16)8-12(7-10)13-4-3-5-15-14(13)17-2/h3-9H,1-2H3. The predicted octanol–water partition coefficient (Wildman–Crippen LogP) is 2.88. The fourth-order valence-electron chi connectivity index (χ4n) is 1.81. The van der Waals surface area contributed by atoms with Gasteiger partial charge >= 0.3 is 0 Å². The Morgan fingerprint density at radius 1 is 1.29 bits per heavy atom. The molecule has 2 aromatic rings. The van der Waals surface area contributed by atoms with E-state index in [0.29, 0.717) is 11.4 Å². The Hall–Kier alpha value is -2.16. The highest BCUT2D eigenvalue weighted by Gasteiger charge is 2.07. The highest BCUT2D eigenvalue weighted by atomic mass is 16.5. The van der Waals surface area contributed by atoms with E-state index in [4.69, 9.17) is 4.74 Å². The number of ether oxygens (including phenoxy) is 1. The van der Waals surface area contributed by atoms with E-state index in [1.54, 1.807) is 13.3 Å². The van der Waals surface area contributed by atoms with Crippen molar-refractivity contribution in [2.24, 2.45) is 0 Å².